The number of amides is 1. The summed E-state index contributed by atoms with van der Waals surface area (Å²) < 4.78 is 11.4. The fourth-order valence-electron chi connectivity index (χ4n) is 3.45. The molecule has 6 nitrogen and oxygen atoms in total. The number of methoxy groups -OCH3 is 1. The van der Waals surface area contributed by atoms with Gasteiger partial charge in [-0.2, -0.15) is 0 Å². The molecule has 0 atom stereocenters. The van der Waals surface area contributed by atoms with E-state index in [9.17, 15) is 4.79 Å². The van der Waals surface area contributed by atoms with Crippen molar-refractivity contribution in [2.45, 2.75) is 27.7 Å². The Kier molecular flexibility index (Phi) is 6.16. The molecule has 0 radical (unpaired) electrons. The molecule has 0 aliphatic rings. The number of aromatic nitrogens is 1. The van der Waals surface area contributed by atoms with Gasteiger partial charge in [0.05, 0.1) is 12.8 Å². The highest BCUT2D eigenvalue weighted by Gasteiger charge is 2.15. The number of nitrogens with one attached hydrogen (secondary N) is 2. The predicted molar refractivity (Wildman–Crippen MR) is 135 cm³/mol. The second kappa shape index (κ2) is 9.03. The van der Waals surface area contributed by atoms with E-state index in [2.05, 4.69) is 15.6 Å². The van der Waals surface area contributed by atoms with Crippen molar-refractivity contribution >= 4 is 40.0 Å². The summed E-state index contributed by atoms with van der Waals surface area (Å²) in [5, 5.41) is 5.94. The average Bonchev–Trinajstić information content (AvgIpc) is 3.18. The number of ether oxygens (including phenoxy) is 1. The Bertz CT molecular complexity index is 1350. The van der Waals surface area contributed by atoms with Gasteiger partial charge >= 0.3 is 0 Å². The van der Waals surface area contributed by atoms with Gasteiger partial charge in [0.25, 0.3) is 5.91 Å². The molecule has 1 heterocycles. The van der Waals surface area contributed by atoms with Crippen LogP contribution in [0, 0.1) is 27.7 Å². The molecule has 4 aromatic rings. The minimum atomic E-state index is -0.282. The van der Waals surface area contributed by atoms with E-state index < -0.39 is 0 Å². The lowest BCUT2D eigenvalue weighted by Crippen LogP contribution is -2.34. The van der Waals surface area contributed by atoms with Crippen molar-refractivity contribution in [3.63, 3.8) is 0 Å². The Morgan fingerprint density at radius 2 is 1.67 bits per heavy atom. The minimum absolute atomic E-state index is 0.164. The number of aryl methyl sites for hydroxylation is 4. The van der Waals surface area contributed by atoms with Crippen LogP contribution in [0.15, 0.2) is 52.9 Å². The fraction of sp³-hybridized carbons (Fsp3) is 0.192. The predicted octanol–water partition coefficient (Wildman–Crippen LogP) is 5.86. The number of fused-ring (bicyclic) bond motifs is 1. The van der Waals surface area contributed by atoms with Crippen LogP contribution in [0.5, 0.6) is 5.75 Å². The number of nitrogens with zero attached hydrogens (tertiary/aromatic N) is 1. The Hall–Kier alpha value is -3.71. The molecular weight excluding hydrogens is 434 g/mol. The molecule has 2 N–H and O–H groups in total. The summed E-state index contributed by atoms with van der Waals surface area (Å²) in [6.45, 7) is 8.06. The van der Waals surface area contributed by atoms with E-state index in [4.69, 9.17) is 21.4 Å². The number of oxazole rings is 1. The van der Waals surface area contributed by atoms with Gasteiger partial charge < -0.3 is 14.5 Å². The summed E-state index contributed by atoms with van der Waals surface area (Å²) in [6, 6.07) is 15.0. The number of hydrogen-bond donors (Lipinski definition) is 2. The highest BCUT2D eigenvalue weighted by atomic mass is 32.1. The largest absolute Gasteiger partial charge is 0.495 e. The smallest absolute Gasteiger partial charge is 0.257 e. The summed E-state index contributed by atoms with van der Waals surface area (Å²) >= 11 is 5.38. The molecule has 7 heteroatoms. The van der Waals surface area contributed by atoms with Crippen LogP contribution in [-0.2, 0) is 0 Å². The summed E-state index contributed by atoms with van der Waals surface area (Å²) in [5.41, 5.74) is 7.89. The molecule has 1 amide bonds. The van der Waals surface area contributed by atoms with E-state index in [1.54, 1.807) is 19.2 Å². The highest BCUT2D eigenvalue weighted by molar-refractivity contribution is 7.80. The minimum Gasteiger partial charge on any atom is -0.495 e. The van der Waals surface area contributed by atoms with E-state index in [1.165, 1.54) is 0 Å². The summed E-state index contributed by atoms with van der Waals surface area (Å²) in [7, 11) is 1.57. The van der Waals surface area contributed by atoms with Gasteiger partial charge in [-0.15, -0.1) is 0 Å². The number of carbonyl (C=O) groups excluding carboxylic acids is 1. The van der Waals surface area contributed by atoms with Gasteiger partial charge in [0.15, 0.2) is 10.7 Å². The fourth-order valence-corrected chi connectivity index (χ4v) is 3.66. The van der Waals surface area contributed by atoms with Gasteiger partial charge in [-0.3, -0.25) is 10.1 Å². The number of thiocarbonyl (C=S) groups is 1. The Labute approximate surface area is 198 Å². The SMILES string of the molecule is COc1ccc(-c2nc3cc(C)c(C)cc3o2)cc1NC(=S)NC(=O)c1ccc(C)c(C)c1. The van der Waals surface area contributed by atoms with Crippen LogP contribution in [0.25, 0.3) is 22.6 Å². The first-order valence-corrected chi connectivity index (χ1v) is 10.9. The monoisotopic (exact) mass is 459 g/mol. The van der Waals surface area contributed by atoms with Gasteiger partial charge in [-0.25, -0.2) is 4.98 Å². The van der Waals surface area contributed by atoms with Crippen LogP contribution in [0.1, 0.15) is 32.6 Å². The zero-order valence-corrected chi connectivity index (χ0v) is 20.0. The van der Waals surface area contributed by atoms with E-state index in [0.717, 1.165) is 38.9 Å². The molecule has 0 fully saturated rings. The van der Waals surface area contributed by atoms with Crippen molar-refractivity contribution in [1.82, 2.24) is 10.3 Å². The normalized spacial score (nSPS) is 10.8. The summed E-state index contributed by atoms with van der Waals surface area (Å²) in [5.74, 6) is 0.783. The highest BCUT2D eigenvalue weighted by Crippen LogP contribution is 2.32. The molecule has 4 rings (SSSR count). The van der Waals surface area contributed by atoms with Crippen molar-refractivity contribution in [1.29, 1.82) is 0 Å². The molecule has 0 aliphatic carbocycles. The van der Waals surface area contributed by atoms with Gasteiger partial charge in [-0.05, 0) is 105 Å². The molecule has 0 spiro atoms. The van der Waals surface area contributed by atoms with Crippen molar-refractivity contribution in [3.8, 4) is 17.2 Å². The van der Waals surface area contributed by atoms with Crippen LogP contribution < -0.4 is 15.4 Å². The third-order valence-electron chi connectivity index (χ3n) is 5.69. The molecule has 3 aromatic carbocycles. The first-order valence-electron chi connectivity index (χ1n) is 10.5. The summed E-state index contributed by atoms with van der Waals surface area (Å²) in [4.78, 5) is 17.2. The third-order valence-corrected chi connectivity index (χ3v) is 5.90. The molecule has 0 saturated carbocycles. The van der Waals surface area contributed by atoms with Crippen molar-refractivity contribution in [2.75, 3.05) is 12.4 Å². The molecule has 168 valence electrons. The van der Waals surface area contributed by atoms with Crippen LogP contribution >= 0.6 is 12.2 Å². The molecule has 0 unspecified atom stereocenters. The molecule has 0 saturated heterocycles. The molecule has 1 aromatic heterocycles. The molecule has 33 heavy (non-hydrogen) atoms. The number of anilines is 1. The zero-order valence-electron chi connectivity index (χ0n) is 19.2. The summed E-state index contributed by atoms with van der Waals surface area (Å²) in [6.07, 6.45) is 0. The quantitative estimate of drug-likeness (QED) is 0.372. The van der Waals surface area contributed by atoms with Crippen LogP contribution in [0.2, 0.25) is 0 Å². The van der Waals surface area contributed by atoms with E-state index in [0.29, 0.717) is 22.9 Å². The first kappa shape index (κ1) is 22.5. The van der Waals surface area contributed by atoms with Crippen molar-refractivity contribution in [2.24, 2.45) is 0 Å². The maximum Gasteiger partial charge on any atom is 0.257 e. The number of hydrogen-bond acceptors (Lipinski definition) is 5. The number of benzene rings is 3. The second-order valence-electron chi connectivity index (χ2n) is 8.05. The van der Waals surface area contributed by atoms with Crippen molar-refractivity contribution in [3.05, 3.63) is 76.3 Å². The Balaban J connectivity index is 1.57. The average molecular weight is 460 g/mol. The maximum atomic E-state index is 12.6. The lowest BCUT2D eigenvalue weighted by Gasteiger charge is -2.14. The van der Waals surface area contributed by atoms with Crippen LogP contribution in [0.4, 0.5) is 5.69 Å². The Morgan fingerprint density at radius 3 is 2.39 bits per heavy atom. The molecule has 0 bridgehead atoms. The van der Waals surface area contributed by atoms with Gasteiger partial charge in [0, 0.05) is 11.1 Å². The number of rotatable bonds is 4. The number of carbonyl (C=O) groups is 1. The zero-order chi connectivity index (χ0) is 23.7. The third kappa shape index (κ3) is 4.73. The van der Waals surface area contributed by atoms with E-state index in [-0.39, 0.29) is 11.0 Å². The first-order chi connectivity index (χ1) is 15.7. The molecular formula is C26H25N3O3S. The van der Waals surface area contributed by atoms with Crippen molar-refractivity contribution < 1.29 is 13.9 Å². The standard InChI is InChI=1S/C26H25N3O3S/c1-14-6-7-18(10-15(14)2)24(30)29-26(33)28-21-13-19(8-9-22(21)31-5)25-27-20-11-16(3)17(4)12-23(20)32-25/h6-13H,1-5H3,(H2,28,29,30,33). The van der Waals surface area contributed by atoms with Crippen LogP contribution in [0.3, 0.4) is 0 Å². The van der Waals surface area contributed by atoms with E-state index >= 15 is 0 Å². The maximum absolute atomic E-state index is 12.6. The van der Waals surface area contributed by atoms with Gasteiger partial charge in [0.1, 0.15) is 11.3 Å². The topological polar surface area (TPSA) is 76.4 Å². The molecule has 0 aliphatic heterocycles. The Morgan fingerprint density at radius 1 is 0.939 bits per heavy atom. The lowest BCUT2D eigenvalue weighted by molar-refractivity contribution is 0.0977. The van der Waals surface area contributed by atoms with E-state index in [1.807, 2.05) is 64.1 Å². The second-order valence-corrected chi connectivity index (χ2v) is 8.45. The van der Waals surface area contributed by atoms with Gasteiger partial charge in [0.2, 0.25) is 5.89 Å². The van der Waals surface area contributed by atoms with Gasteiger partial charge in [-0.1, -0.05) is 6.07 Å². The lowest BCUT2D eigenvalue weighted by atomic mass is 10.1. The van der Waals surface area contributed by atoms with Crippen LogP contribution in [-0.4, -0.2) is 23.1 Å².